The summed E-state index contributed by atoms with van der Waals surface area (Å²) in [5.41, 5.74) is 1.49. The van der Waals surface area contributed by atoms with E-state index < -0.39 is 0 Å². The molecule has 0 bridgehead atoms. The minimum atomic E-state index is 0.0477. The molecule has 1 N–H and O–H groups in total. The summed E-state index contributed by atoms with van der Waals surface area (Å²) in [4.78, 5) is 11.9. The largest absolute Gasteiger partial charge is 0.507 e. The molecule has 0 aliphatic heterocycles. The SMILES string of the molecule is COc1ccc2c3c(c(O)cc2c1)C(=O)CCC3. The van der Waals surface area contributed by atoms with Gasteiger partial charge >= 0.3 is 0 Å². The number of carbonyl (C=O) groups excluding carboxylic acids is 1. The number of benzene rings is 2. The first-order valence-corrected chi connectivity index (χ1v) is 6.06. The van der Waals surface area contributed by atoms with Crippen molar-refractivity contribution < 1.29 is 14.6 Å². The lowest BCUT2D eigenvalue weighted by Crippen LogP contribution is -2.11. The third-order valence-corrected chi connectivity index (χ3v) is 3.54. The van der Waals surface area contributed by atoms with Crippen LogP contribution in [-0.2, 0) is 6.42 Å². The number of aromatic hydroxyl groups is 1. The van der Waals surface area contributed by atoms with Crippen molar-refractivity contribution in [1.82, 2.24) is 0 Å². The zero-order valence-electron chi connectivity index (χ0n) is 10.2. The van der Waals surface area contributed by atoms with Crippen molar-refractivity contribution in [3.63, 3.8) is 0 Å². The molecule has 0 fully saturated rings. The van der Waals surface area contributed by atoms with E-state index in [2.05, 4.69) is 0 Å². The van der Waals surface area contributed by atoms with Gasteiger partial charge in [-0.3, -0.25) is 4.79 Å². The summed E-state index contributed by atoms with van der Waals surface area (Å²) in [7, 11) is 1.61. The van der Waals surface area contributed by atoms with Crippen LogP contribution in [0.25, 0.3) is 10.8 Å². The molecule has 0 saturated heterocycles. The Hall–Kier alpha value is -2.03. The quantitative estimate of drug-likeness (QED) is 0.836. The summed E-state index contributed by atoms with van der Waals surface area (Å²) >= 11 is 0. The molecule has 1 aliphatic rings. The van der Waals surface area contributed by atoms with Gasteiger partial charge in [-0.15, -0.1) is 0 Å². The Kier molecular flexibility index (Phi) is 2.47. The molecular formula is C15H14O3. The predicted molar refractivity (Wildman–Crippen MR) is 69.4 cm³/mol. The molecule has 3 nitrogen and oxygen atoms in total. The second kappa shape index (κ2) is 4.02. The van der Waals surface area contributed by atoms with Crippen molar-refractivity contribution in [2.24, 2.45) is 0 Å². The second-order valence-electron chi connectivity index (χ2n) is 4.61. The number of methoxy groups -OCH3 is 1. The molecule has 0 radical (unpaired) electrons. The van der Waals surface area contributed by atoms with Crippen molar-refractivity contribution in [2.75, 3.05) is 7.11 Å². The van der Waals surface area contributed by atoms with E-state index in [1.165, 1.54) is 0 Å². The molecular weight excluding hydrogens is 228 g/mol. The summed E-state index contributed by atoms with van der Waals surface area (Å²) < 4.78 is 5.18. The van der Waals surface area contributed by atoms with Gasteiger partial charge < -0.3 is 9.84 Å². The van der Waals surface area contributed by atoms with Crippen LogP contribution < -0.4 is 4.74 Å². The van der Waals surface area contributed by atoms with Gasteiger partial charge in [0, 0.05) is 6.42 Å². The number of ketones is 1. The first kappa shape index (κ1) is 11.1. The van der Waals surface area contributed by atoms with E-state index in [1.807, 2.05) is 18.2 Å². The molecule has 92 valence electrons. The first-order valence-electron chi connectivity index (χ1n) is 6.06. The van der Waals surface area contributed by atoms with Crippen LogP contribution in [0.5, 0.6) is 11.5 Å². The number of fused-ring (bicyclic) bond motifs is 3. The number of aryl methyl sites for hydroxylation is 1. The van der Waals surface area contributed by atoms with Crippen LogP contribution in [0.15, 0.2) is 24.3 Å². The van der Waals surface area contributed by atoms with Gasteiger partial charge in [-0.25, -0.2) is 0 Å². The maximum absolute atomic E-state index is 11.9. The summed E-state index contributed by atoms with van der Waals surface area (Å²) in [6, 6.07) is 7.39. The lowest BCUT2D eigenvalue weighted by atomic mass is 9.86. The van der Waals surface area contributed by atoms with Gasteiger partial charge in [-0.1, -0.05) is 6.07 Å². The molecule has 2 aromatic rings. The fraction of sp³-hybridized carbons (Fsp3) is 0.267. The Morgan fingerprint density at radius 2 is 2.06 bits per heavy atom. The number of carbonyl (C=O) groups is 1. The van der Waals surface area contributed by atoms with Gasteiger partial charge in [-0.05, 0) is 47.4 Å². The molecule has 0 spiro atoms. The molecule has 2 aromatic carbocycles. The van der Waals surface area contributed by atoms with Gasteiger partial charge in [0.15, 0.2) is 5.78 Å². The topological polar surface area (TPSA) is 46.5 Å². The molecule has 0 saturated carbocycles. The standard InChI is InChI=1S/C15H14O3/c1-18-10-5-6-11-9(7-10)8-14(17)15-12(11)3-2-4-13(15)16/h5-8,17H,2-4H2,1H3. The van der Waals surface area contributed by atoms with E-state index in [0.717, 1.165) is 34.9 Å². The van der Waals surface area contributed by atoms with Crippen molar-refractivity contribution in [3.8, 4) is 11.5 Å². The predicted octanol–water partition coefficient (Wildman–Crippen LogP) is 3.07. The highest BCUT2D eigenvalue weighted by Gasteiger charge is 2.23. The number of phenols is 1. The lowest BCUT2D eigenvalue weighted by molar-refractivity contribution is 0.0970. The molecule has 1 aliphatic carbocycles. The maximum atomic E-state index is 11.9. The van der Waals surface area contributed by atoms with Gasteiger partial charge in [0.05, 0.1) is 12.7 Å². The van der Waals surface area contributed by atoms with Crippen LogP contribution >= 0.6 is 0 Å². The number of rotatable bonds is 1. The monoisotopic (exact) mass is 242 g/mol. The summed E-state index contributed by atoms with van der Waals surface area (Å²) in [6.45, 7) is 0. The molecule has 0 amide bonds. The highest BCUT2D eigenvalue weighted by Crippen LogP contribution is 2.36. The van der Waals surface area contributed by atoms with E-state index >= 15 is 0 Å². The van der Waals surface area contributed by atoms with Crippen molar-refractivity contribution in [1.29, 1.82) is 0 Å². The Bertz CT molecular complexity index is 644. The van der Waals surface area contributed by atoms with Gasteiger partial charge in [0.1, 0.15) is 11.5 Å². The minimum Gasteiger partial charge on any atom is -0.507 e. The zero-order valence-corrected chi connectivity index (χ0v) is 10.2. The van der Waals surface area contributed by atoms with Crippen LogP contribution in [0.3, 0.4) is 0 Å². The van der Waals surface area contributed by atoms with E-state index in [9.17, 15) is 9.90 Å². The Morgan fingerprint density at radius 1 is 1.22 bits per heavy atom. The Balaban J connectivity index is 2.34. The smallest absolute Gasteiger partial charge is 0.166 e. The number of hydrogen-bond acceptors (Lipinski definition) is 3. The van der Waals surface area contributed by atoms with E-state index in [1.54, 1.807) is 13.2 Å². The molecule has 3 heteroatoms. The second-order valence-corrected chi connectivity index (χ2v) is 4.61. The number of Topliss-reactive ketones (excluding diaryl/α,β-unsaturated/α-hetero) is 1. The Morgan fingerprint density at radius 3 is 2.83 bits per heavy atom. The fourth-order valence-corrected chi connectivity index (χ4v) is 2.69. The Labute approximate surface area is 105 Å². The van der Waals surface area contributed by atoms with Crippen LogP contribution in [0.1, 0.15) is 28.8 Å². The van der Waals surface area contributed by atoms with E-state index in [-0.39, 0.29) is 11.5 Å². The van der Waals surface area contributed by atoms with Crippen molar-refractivity contribution >= 4 is 16.6 Å². The maximum Gasteiger partial charge on any atom is 0.166 e. The van der Waals surface area contributed by atoms with E-state index in [4.69, 9.17) is 4.74 Å². The lowest BCUT2D eigenvalue weighted by Gasteiger charge is -2.18. The third kappa shape index (κ3) is 1.55. The number of ether oxygens (including phenoxy) is 1. The highest BCUT2D eigenvalue weighted by molar-refractivity contribution is 6.06. The van der Waals surface area contributed by atoms with Gasteiger partial charge in [0.2, 0.25) is 0 Å². The molecule has 0 atom stereocenters. The van der Waals surface area contributed by atoms with Crippen LogP contribution in [-0.4, -0.2) is 18.0 Å². The van der Waals surface area contributed by atoms with Crippen LogP contribution in [0.2, 0.25) is 0 Å². The van der Waals surface area contributed by atoms with Crippen LogP contribution in [0, 0.1) is 0 Å². The summed E-state index contributed by atoms with van der Waals surface area (Å²) in [6.07, 6.45) is 2.23. The van der Waals surface area contributed by atoms with Gasteiger partial charge in [0.25, 0.3) is 0 Å². The number of hydrogen-bond donors (Lipinski definition) is 1. The summed E-state index contributed by atoms with van der Waals surface area (Å²) in [5, 5.41) is 12.0. The molecule has 0 heterocycles. The molecule has 3 rings (SSSR count). The number of phenolic OH excluding ortho intramolecular Hbond substituents is 1. The molecule has 0 unspecified atom stereocenters. The normalized spacial score (nSPS) is 14.6. The summed E-state index contributed by atoms with van der Waals surface area (Å²) in [5.74, 6) is 0.894. The molecule has 0 aromatic heterocycles. The van der Waals surface area contributed by atoms with Crippen LogP contribution in [0.4, 0.5) is 0 Å². The van der Waals surface area contributed by atoms with Gasteiger partial charge in [-0.2, -0.15) is 0 Å². The highest BCUT2D eigenvalue weighted by atomic mass is 16.5. The minimum absolute atomic E-state index is 0.0477. The average Bonchev–Trinajstić information content (AvgIpc) is 2.38. The zero-order chi connectivity index (χ0) is 12.7. The first-order chi connectivity index (χ1) is 8.70. The van der Waals surface area contributed by atoms with Crippen molar-refractivity contribution in [2.45, 2.75) is 19.3 Å². The van der Waals surface area contributed by atoms with Crippen molar-refractivity contribution in [3.05, 3.63) is 35.4 Å². The average molecular weight is 242 g/mol. The third-order valence-electron chi connectivity index (χ3n) is 3.54. The molecule has 18 heavy (non-hydrogen) atoms. The van der Waals surface area contributed by atoms with E-state index in [0.29, 0.717) is 12.0 Å². The fourth-order valence-electron chi connectivity index (χ4n) is 2.69.